The number of carbonyl (C=O) groups is 1. The van der Waals surface area contributed by atoms with Crippen molar-refractivity contribution in [2.24, 2.45) is 0 Å². The Labute approximate surface area is 141 Å². The minimum Gasteiger partial charge on any atom is -0.497 e. The number of rotatable bonds is 5. The van der Waals surface area contributed by atoms with Crippen LogP contribution in [0.4, 0.5) is 0 Å². The van der Waals surface area contributed by atoms with Crippen LogP contribution < -0.4 is 10.1 Å². The van der Waals surface area contributed by atoms with Gasteiger partial charge in [-0.3, -0.25) is 4.79 Å². The molecule has 1 fully saturated rings. The van der Waals surface area contributed by atoms with E-state index in [9.17, 15) is 4.79 Å². The summed E-state index contributed by atoms with van der Waals surface area (Å²) >= 11 is 6.09. The van der Waals surface area contributed by atoms with Gasteiger partial charge in [-0.25, -0.2) is 0 Å². The molecule has 0 spiro atoms. The monoisotopic (exact) mass is 329 g/mol. The fraction of sp³-hybridized carbons (Fsp3) is 0.316. The van der Waals surface area contributed by atoms with Gasteiger partial charge in [0, 0.05) is 11.6 Å². The van der Waals surface area contributed by atoms with Crippen LogP contribution in [-0.2, 0) is 16.8 Å². The molecule has 1 amide bonds. The number of nitrogens with one attached hydrogen (secondary N) is 1. The lowest BCUT2D eigenvalue weighted by Gasteiger charge is -2.40. The van der Waals surface area contributed by atoms with Gasteiger partial charge in [-0.15, -0.1) is 0 Å². The fourth-order valence-electron chi connectivity index (χ4n) is 3.06. The Morgan fingerprint density at radius 1 is 1.22 bits per heavy atom. The molecule has 0 unspecified atom stereocenters. The lowest BCUT2D eigenvalue weighted by molar-refractivity contribution is -0.130. The Morgan fingerprint density at radius 3 is 2.52 bits per heavy atom. The maximum Gasteiger partial charge on any atom is 0.230 e. The van der Waals surface area contributed by atoms with E-state index in [1.165, 1.54) is 0 Å². The molecule has 0 radical (unpaired) electrons. The number of benzene rings is 2. The summed E-state index contributed by atoms with van der Waals surface area (Å²) in [4.78, 5) is 12.8. The highest BCUT2D eigenvalue weighted by Crippen LogP contribution is 2.44. The Bertz CT molecular complexity index is 693. The Balaban J connectivity index is 1.70. The number of halogens is 1. The highest BCUT2D eigenvalue weighted by atomic mass is 35.5. The first kappa shape index (κ1) is 15.9. The molecule has 3 nitrogen and oxygen atoms in total. The summed E-state index contributed by atoms with van der Waals surface area (Å²) in [5, 5.41) is 3.75. The first-order valence-electron chi connectivity index (χ1n) is 7.81. The molecular formula is C19H20ClNO2. The SMILES string of the molecule is COc1ccc(CNC(=O)C2(c3cccc(Cl)c3)CCC2)cc1. The molecule has 0 aromatic heterocycles. The van der Waals surface area contributed by atoms with Gasteiger partial charge in [0.15, 0.2) is 0 Å². The summed E-state index contributed by atoms with van der Waals surface area (Å²) in [6.07, 6.45) is 2.83. The van der Waals surface area contributed by atoms with Gasteiger partial charge in [-0.1, -0.05) is 42.3 Å². The standard InChI is InChI=1S/C19H20ClNO2/c1-23-17-8-6-14(7-9-17)13-21-18(22)19(10-3-11-19)15-4-2-5-16(20)12-15/h2,4-9,12H,3,10-11,13H2,1H3,(H,21,22). The van der Waals surface area contributed by atoms with Crippen LogP contribution in [0.25, 0.3) is 0 Å². The van der Waals surface area contributed by atoms with Gasteiger partial charge in [0.2, 0.25) is 5.91 Å². The normalized spacial score (nSPS) is 15.6. The smallest absolute Gasteiger partial charge is 0.230 e. The van der Waals surface area contributed by atoms with Gasteiger partial charge in [0.25, 0.3) is 0 Å². The van der Waals surface area contributed by atoms with Gasteiger partial charge in [0.05, 0.1) is 12.5 Å². The third-order valence-electron chi connectivity index (χ3n) is 4.63. The predicted molar refractivity (Wildman–Crippen MR) is 91.8 cm³/mol. The molecule has 0 aliphatic heterocycles. The Kier molecular flexibility index (Phi) is 4.58. The number of ether oxygens (including phenoxy) is 1. The van der Waals surface area contributed by atoms with Gasteiger partial charge in [0.1, 0.15) is 5.75 Å². The quantitative estimate of drug-likeness (QED) is 0.897. The maximum atomic E-state index is 12.8. The van der Waals surface area contributed by atoms with Gasteiger partial charge in [-0.05, 0) is 48.2 Å². The van der Waals surface area contributed by atoms with Gasteiger partial charge < -0.3 is 10.1 Å². The molecule has 23 heavy (non-hydrogen) atoms. The second-order valence-electron chi connectivity index (χ2n) is 5.98. The third kappa shape index (κ3) is 3.20. The van der Waals surface area contributed by atoms with Crippen LogP contribution >= 0.6 is 11.6 Å². The number of hydrogen-bond acceptors (Lipinski definition) is 2. The number of carbonyl (C=O) groups excluding carboxylic acids is 1. The van der Waals surface area contributed by atoms with E-state index in [1.807, 2.05) is 48.5 Å². The second-order valence-corrected chi connectivity index (χ2v) is 6.41. The van der Waals surface area contributed by atoms with Crippen LogP contribution in [0.2, 0.25) is 5.02 Å². The van der Waals surface area contributed by atoms with Crippen molar-refractivity contribution >= 4 is 17.5 Å². The lowest BCUT2D eigenvalue weighted by atomic mass is 9.64. The number of hydrogen-bond donors (Lipinski definition) is 1. The van der Waals surface area contributed by atoms with Crippen molar-refractivity contribution in [3.8, 4) is 5.75 Å². The summed E-state index contributed by atoms with van der Waals surface area (Å²) in [6, 6.07) is 15.4. The van der Waals surface area contributed by atoms with Crippen molar-refractivity contribution in [3.63, 3.8) is 0 Å². The van der Waals surface area contributed by atoms with Crippen molar-refractivity contribution in [3.05, 3.63) is 64.7 Å². The molecule has 1 N–H and O–H groups in total. The molecule has 0 heterocycles. The van der Waals surface area contributed by atoms with Gasteiger partial charge in [-0.2, -0.15) is 0 Å². The van der Waals surface area contributed by atoms with Crippen LogP contribution in [0.15, 0.2) is 48.5 Å². The van der Waals surface area contributed by atoms with E-state index in [0.29, 0.717) is 11.6 Å². The number of amides is 1. The zero-order chi connectivity index (χ0) is 16.3. The van der Waals surface area contributed by atoms with E-state index in [-0.39, 0.29) is 5.91 Å². The molecule has 4 heteroatoms. The van der Waals surface area contributed by atoms with E-state index in [2.05, 4.69) is 5.32 Å². The molecule has 1 aliphatic carbocycles. The summed E-state index contributed by atoms with van der Waals surface area (Å²) in [6.45, 7) is 0.519. The van der Waals surface area contributed by atoms with Crippen LogP contribution in [-0.4, -0.2) is 13.0 Å². The predicted octanol–water partition coefficient (Wildman–Crippen LogP) is 4.09. The van der Waals surface area contributed by atoms with E-state index < -0.39 is 5.41 Å². The average Bonchev–Trinajstić information content (AvgIpc) is 2.52. The minimum atomic E-state index is -0.419. The van der Waals surface area contributed by atoms with Crippen LogP contribution in [0.1, 0.15) is 30.4 Å². The topological polar surface area (TPSA) is 38.3 Å². The molecule has 0 atom stereocenters. The van der Waals surface area contributed by atoms with E-state index in [1.54, 1.807) is 7.11 Å². The van der Waals surface area contributed by atoms with Gasteiger partial charge >= 0.3 is 0 Å². The highest BCUT2D eigenvalue weighted by molar-refractivity contribution is 6.30. The summed E-state index contributed by atoms with van der Waals surface area (Å²) in [5.41, 5.74) is 1.65. The first-order chi connectivity index (χ1) is 11.1. The summed E-state index contributed by atoms with van der Waals surface area (Å²) < 4.78 is 5.14. The van der Waals surface area contributed by atoms with Crippen molar-refractivity contribution in [2.45, 2.75) is 31.2 Å². The highest BCUT2D eigenvalue weighted by Gasteiger charge is 2.45. The molecule has 120 valence electrons. The Hall–Kier alpha value is -2.00. The van der Waals surface area contributed by atoms with E-state index >= 15 is 0 Å². The molecule has 2 aromatic carbocycles. The molecule has 0 saturated heterocycles. The molecule has 3 rings (SSSR count). The Morgan fingerprint density at radius 2 is 1.96 bits per heavy atom. The van der Waals surface area contributed by atoms with Crippen molar-refractivity contribution < 1.29 is 9.53 Å². The molecular weight excluding hydrogens is 310 g/mol. The van der Waals surface area contributed by atoms with Crippen molar-refractivity contribution in [2.75, 3.05) is 7.11 Å². The number of methoxy groups -OCH3 is 1. The second kappa shape index (κ2) is 6.63. The van der Waals surface area contributed by atoms with Crippen molar-refractivity contribution in [1.82, 2.24) is 5.32 Å². The largest absolute Gasteiger partial charge is 0.497 e. The maximum absolute atomic E-state index is 12.8. The molecule has 1 saturated carbocycles. The van der Waals surface area contributed by atoms with Crippen LogP contribution in [0.5, 0.6) is 5.75 Å². The zero-order valence-corrected chi connectivity index (χ0v) is 13.9. The molecule has 2 aromatic rings. The van der Waals surface area contributed by atoms with Crippen LogP contribution in [0, 0.1) is 0 Å². The third-order valence-corrected chi connectivity index (χ3v) is 4.87. The fourth-order valence-corrected chi connectivity index (χ4v) is 3.25. The lowest BCUT2D eigenvalue weighted by Crippen LogP contribution is -2.49. The van der Waals surface area contributed by atoms with E-state index in [4.69, 9.17) is 16.3 Å². The molecule has 0 bridgehead atoms. The van der Waals surface area contributed by atoms with Crippen molar-refractivity contribution in [1.29, 1.82) is 0 Å². The zero-order valence-electron chi connectivity index (χ0n) is 13.1. The summed E-state index contributed by atoms with van der Waals surface area (Å²) in [7, 11) is 1.64. The van der Waals surface area contributed by atoms with E-state index in [0.717, 1.165) is 36.1 Å². The van der Waals surface area contributed by atoms with Crippen LogP contribution in [0.3, 0.4) is 0 Å². The average molecular weight is 330 g/mol. The molecule has 1 aliphatic rings. The summed E-state index contributed by atoms with van der Waals surface area (Å²) in [5.74, 6) is 0.899. The minimum absolute atomic E-state index is 0.0850. The first-order valence-corrected chi connectivity index (χ1v) is 8.19.